The van der Waals surface area contributed by atoms with Crippen LogP contribution in [0.1, 0.15) is 10.5 Å². The summed E-state index contributed by atoms with van der Waals surface area (Å²) in [6, 6.07) is 5.24. The molecule has 0 aliphatic heterocycles. The van der Waals surface area contributed by atoms with E-state index in [-0.39, 0.29) is 11.6 Å². The van der Waals surface area contributed by atoms with Crippen molar-refractivity contribution in [3.05, 3.63) is 46.4 Å². The number of aromatic hydroxyl groups is 1. The van der Waals surface area contributed by atoms with Crippen molar-refractivity contribution in [3.8, 4) is 5.75 Å². The van der Waals surface area contributed by atoms with Gasteiger partial charge in [-0.3, -0.25) is 4.79 Å². The zero-order chi connectivity index (χ0) is 12.4. The molecule has 6 heteroatoms. The standard InChI is InChI=1S/C11H8BrFN2O2/c12-6-3-9(14-5-6)11(17)15-7-1-2-10(16)8(13)4-7/h1-5,14,16H,(H,15,17). The van der Waals surface area contributed by atoms with Gasteiger partial charge in [-0.1, -0.05) is 0 Å². The summed E-state index contributed by atoms with van der Waals surface area (Å²) in [6.07, 6.45) is 1.62. The third kappa shape index (κ3) is 2.65. The highest BCUT2D eigenvalue weighted by Gasteiger charge is 2.09. The summed E-state index contributed by atoms with van der Waals surface area (Å²) in [7, 11) is 0. The van der Waals surface area contributed by atoms with Crippen molar-refractivity contribution in [1.82, 2.24) is 4.98 Å². The second kappa shape index (κ2) is 4.58. The molecule has 0 saturated carbocycles. The molecular formula is C11H8BrFN2O2. The predicted octanol–water partition coefficient (Wildman–Crippen LogP) is 2.87. The van der Waals surface area contributed by atoms with E-state index in [4.69, 9.17) is 5.11 Å². The lowest BCUT2D eigenvalue weighted by Gasteiger charge is -2.04. The van der Waals surface area contributed by atoms with Gasteiger partial charge in [0.2, 0.25) is 0 Å². The van der Waals surface area contributed by atoms with E-state index in [9.17, 15) is 9.18 Å². The van der Waals surface area contributed by atoms with Crippen LogP contribution >= 0.6 is 15.9 Å². The monoisotopic (exact) mass is 298 g/mol. The van der Waals surface area contributed by atoms with Crippen LogP contribution in [0, 0.1) is 5.82 Å². The van der Waals surface area contributed by atoms with Gasteiger partial charge in [0.1, 0.15) is 5.69 Å². The van der Waals surface area contributed by atoms with Gasteiger partial charge in [0.15, 0.2) is 11.6 Å². The van der Waals surface area contributed by atoms with Crippen LogP contribution in [0.3, 0.4) is 0 Å². The van der Waals surface area contributed by atoms with Crippen molar-refractivity contribution in [2.75, 3.05) is 5.32 Å². The second-order valence-electron chi connectivity index (χ2n) is 3.35. The highest BCUT2D eigenvalue weighted by molar-refractivity contribution is 9.10. The molecule has 0 atom stereocenters. The minimum absolute atomic E-state index is 0.274. The van der Waals surface area contributed by atoms with E-state index in [0.717, 1.165) is 10.5 Å². The van der Waals surface area contributed by atoms with Crippen LogP contribution in [0.5, 0.6) is 5.75 Å². The van der Waals surface area contributed by atoms with E-state index in [1.165, 1.54) is 12.1 Å². The smallest absolute Gasteiger partial charge is 0.272 e. The molecule has 0 fully saturated rings. The molecule has 2 aromatic rings. The van der Waals surface area contributed by atoms with Gasteiger partial charge in [-0.2, -0.15) is 0 Å². The van der Waals surface area contributed by atoms with E-state index >= 15 is 0 Å². The Bertz CT molecular complexity index is 568. The Morgan fingerprint density at radius 1 is 1.41 bits per heavy atom. The van der Waals surface area contributed by atoms with Crippen molar-refractivity contribution in [3.63, 3.8) is 0 Å². The molecule has 1 heterocycles. The zero-order valence-corrected chi connectivity index (χ0v) is 10.1. The molecule has 1 amide bonds. The number of amides is 1. The molecule has 0 spiro atoms. The van der Waals surface area contributed by atoms with Gasteiger partial charge in [0, 0.05) is 22.4 Å². The topological polar surface area (TPSA) is 65.1 Å². The molecular weight excluding hydrogens is 291 g/mol. The number of carbonyl (C=O) groups is 1. The Kier molecular flexibility index (Phi) is 3.14. The molecule has 3 N–H and O–H groups in total. The maximum atomic E-state index is 13.0. The van der Waals surface area contributed by atoms with Gasteiger partial charge in [-0.05, 0) is 34.1 Å². The molecule has 4 nitrogen and oxygen atoms in total. The van der Waals surface area contributed by atoms with Crippen molar-refractivity contribution < 1.29 is 14.3 Å². The lowest BCUT2D eigenvalue weighted by molar-refractivity contribution is 0.102. The molecule has 0 bridgehead atoms. The fraction of sp³-hybridized carbons (Fsp3) is 0. The fourth-order valence-electron chi connectivity index (χ4n) is 1.28. The van der Waals surface area contributed by atoms with Crippen LogP contribution in [0.25, 0.3) is 0 Å². The summed E-state index contributed by atoms with van der Waals surface area (Å²) in [5.41, 5.74) is 0.626. The number of halogens is 2. The van der Waals surface area contributed by atoms with Crippen LogP contribution in [0.4, 0.5) is 10.1 Å². The molecule has 0 saturated heterocycles. The van der Waals surface area contributed by atoms with Gasteiger partial charge in [0.05, 0.1) is 0 Å². The van der Waals surface area contributed by atoms with Crippen LogP contribution in [0.15, 0.2) is 34.9 Å². The number of hydrogen-bond acceptors (Lipinski definition) is 2. The number of anilines is 1. The zero-order valence-electron chi connectivity index (χ0n) is 8.50. The first-order valence-electron chi connectivity index (χ1n) is 4.70. The predicted molar refractivity (Wildman–Crippen MR) is 64.5 cm³/mol. The first-order chi connectivity index (χ1) is 8.06. The Balaban J connectivity index is 2.15. The van der Waals surface area contributed by atoms with Gasteiger partial charge in [-0.15, -0.1) is 0 Å². The first kappa shape index (κ1) is 11.7. The van der Waals surface area contributed by atoms with Crippen molar-refractivity contribution in [2.45, 2.75) is 0 Å². The number of phenolic OH excluding ortho intramolecular Hbond substituents is 1. The van der Waals surface area contributed by atoms with Gasteiger partial charge in [0.25, 0.3) is 5.91 Å². The van der Waals surface area contributed by atoms with Crippen LogP contribution in [0.2, 0.25) is 0 Å². The highest BCUT2D eigenvalue weighted by Crippen LogP contribution is 2.20. The van der Waals surface area contributed by atoms with E-state index in [0.29, 0.717) is 5.69 Å². The number of carbonyl (C=O) groups excluding carboxylic acids is 1. The maximum Gasteiger partial charge on any atom is 0.272 e. The first-order valence-corrected chi connectivity index (χ1v) is 5.49. The number of rotatable bonds is 2. The Morgan fingerprint density at radius 3 is 2.76 bits per heavy atom. The Hall–Kier alpha value is -1.82. The molecule has 88 valence electrons. The minimum atomic E-state index is -0.782. The lowest BCUT2D eigenvalue weighted by Crippen LogP contribution is -2.12. The lowest BCUT2D eigenvalue weighted by atomic mass is 10.3. The largest absolute Gasteiger partial charge is 0.505 e. The summed E-state index contributed by atoms with van der Waals surface area (Å²) in [6.45, 7) is 0. The molecule has 2 rings (SSSR count). The van der Waals surface area contributed by atoms with Crippen LogP contribution < -0.4 is 5.32 Å². The molecule has 1 aromatic heterocycles. The summed E-state index contributed by atoms with van der Waals surface area (Å²) < 4.78 is 13.8. The maximum absolute atomic E-state index is 13.0. The molecule has 0 radical (unpaired) electrons. The molecule has 1 aromatic carbocycles. The number of H-pyrrole nitrogens is 1. The van der Waals surface area contributed by atoms with Crippen molar-refractivity contribution in [1.29, 1.82) is 0 Å². The summed E-state index contributed by atoms with van der Waals surface area (Å²) in [5, 5.41) is 11.5. The summed E-state index contributed by atoms with van der Waals surface area (Å²) in [5.74, 6) is -1.62. The quantitative estimate of drug-likeness (QED) is 0.747. The summed E-state index contributed by atoms with van der Waals surface area (Å²) >= 11 is 3.20. The molecule has 17 heavy (non-hydrogen) atoms. The number of phenols is 1. The molecule has 0 aliphatic rings. The van der Waals surface area contributed by atoms with E-state index < -0.39 is 11.6 Å². The normalized spacial score (nSPS) is 10.2. The average molecular weight is 299 g/mol. The number of aromatic nitrogens is 1. The Labute approximate surface area is 105 Å². The SMILES string of the molecule is O=C(Nc1ccc(O)c(F)c1)c1cc(Br)c[nH]1. The second-order valence-corrected chi connectivity index (χ2v) is 4.27. The van der Waals surface area contributed by atoms with Crippen LogP contribution in [-0.2, 0) is 0 Å². The minimum Gasteiger partial charge on any atom is -0.505 e. The summed E-state index contributed by atoms with van der Waals surface area (Å²) in [4.78, 5) is 14.4. The van der Waals surface area contributed by atoms with Crippen molar-refractivity contribution in [2.24, 2.45) is 0 Å². The third-order valence-electron chi connectivity index (χ3n) is 2.10. The van der Waals surface area contributed by atoms with E-state index in [1.54, 1.807) is 12.3 Å². The highest BCUT2D eigenvalue weighted by atomic mass is 79.9. The van der Waals surface area contributed by atoms with Gasteiger partial charge < -0.3 is 15.4 Å². The fourth-order valence-corrected chi connectivity index (χ4v) is 1.63. The number of aromatic amines is 1. The van der Waals surface area contributed by atoms with Crippen LogP contribution in [-0.4, -0.2) is 16.0 Å². The Morgan fingerprint density at radius 2 is 2.18 bits per heavy atom. The van der Waals surface area contributed by atoms with Gasteiger partial charge in [-0.25, -0.2) is 4.39 Å². The van der Waals surface area contributed by atoms with Crippen molar-refractivity contribution >= 4 is 27.5 Å². The number of benzene rings is 1. The van der Waals surface area contributed by atoms with Gasteiger partial charge >= 0.3 is 0 Å². The number of hydrogen-bond donors (Lipinski definition) is 3. The average Bonchev–Trinajstić information content (AvgIpc) is 2.70. The van der Waals surface area contributed by atoms with E-state index in [1.807, 2.05) is 0 Å². The number of nitrogens with one attached hydrogen (secondary N) is 2. The molecule has 0 unspecified atom stereocenters. The third-order valence-corrected chi connectivity index (χ3v) is 2.56. The molecule has 0 aliphatic carbocycles. The van der Waals surface area contributed by atoms with E-state index in [2.05, 4.69) is 26.2 Å².